The Morgan fingerprint density at radius 3 is 2.54 bits per heavy atom. The van der Waals surface area contributed by atoms with E-state index in [1.165, 1.54) is 0 Å². The van der Waals surface area contributed by atoms with E-state index in [1.54, 1.807) is 0 Å². The average molecular weight is 177 g/mol. The van der Waals surface area contributed by atoms with Crippen molar-refractivity contribution in [3.05, 3.63) is 23.7 Å². The van der Waals surface area contributed by atoms with Crippen molar-refractivity contribution in [2.45, 2.75) is 27.2 Å². The van der Waals surface area contributed by atoms with Crippen molar-refractivity contribution >= 4 is 0 Å². The first kappa shape index (κ1) is 9.85. The van der Waals surface area contributed by atoms with Gasteiger partial charge in [0.15, 0.2) is 0 Å². The van der Waals surface area contributed by atoms with Crippen molar-refractivity contribution in [1.29, 1.82) is 5.26 Å². The second-order valence-electron chi connectivity index (χ2n) is 3.70. The van der Waals surface area contributed by atoms with E-state index in [0.717, 1.165) is 17.9 Å². The lowest BCUT2D eigenvalue weighted by atomic mass is 9.93. The molecule has 1 unspecified atom stereocenters. The van der Waals surface area contributed by atoms with Gasteiger partial charge in [0.2, 0.25) is 0 Å². The van der Waals surface area contributed by atoms with Crippen LogP contribution < -0.4 is 0 Å². The van der Waals surface area contributed by atoms with Gasteiger partial charge in [-0.1, -0.05) is 13.8 Å². The molecule has 0 amide bonds. The Kier molecular flexibility index (Phi) is 3.13. The number of rotatable bonds is 3. The fourth-order valence-electron chi connectivity index (χ4n) is 1.24. The zero-order valence-electron chi connectivity index (χ0n) is 8.37. The highest BCUT2D eigenvalue weighted by Crippen LogP contribution is 2.17. The minimum Gasteiger partial charge on any atom is -0.466 e. The summed E-state index contributed by atoms with van der Waals surface area (Å²) in [4.78, 5) is 0. The number of nitrogens with zero attached hydrogens (tertiary/aromatic N) is 1. The zero-order valence-corrected chi connectivity index (χ0v) is 8.37. The van der Waals surface area contributed by atoms with Crippen LogP contribution in [-0.4, -0.2) is 0 Å². The van der Waals surface area contributed by atoms with Crippen LogP contribution in [0.3, 0.4) is 0 Å². The van der Waals surface area contributed by atoms with Crippen molar-refractivity contribution in [2.75, 3.05) is 0 Å². The number of nitriles is 1. The van der Waals surface area contributed by atoms with Crippen LogP contribution in [0.15, 0.2) is 16.5 Å². The van der Waals surface area contributed by atoms with Crippen molar-refractivity contribution < 1.29 is 4.42 Å². The lowest BCUT2D eigenvalue weighted by molar-refractivity contribution is 0.408. The van der Waals surface area contributed by atoms with E-state index < -0.39 is 0 Å². The van der Waals surface area contributed by atoms with Crippen LogP contribution in [0, 0.1) is 30.1 Å². The molecule has 1 rings (SSSR count). The Bertz CT molecular complexity index is 306. The molecule has 0 aromatic carbocycles. The van der Waals surface area contributed by atoms with E-state index in [-0.39, 0.29) is 5.92 Å². The van der Waals surface area contributed by atoms with Crippen molar-refractivity contribution in [1.82, 2.24) is 0 Å². The third-order valence-corrected chi connectivity index (χ3v) is 2.19. The molecule has 0 fully saturated rings. The van der Waals surface area contributed by atoms with Crippen molar-refractivity contribution in [2.24, 2.45) is 11.8 Å². The van der Waals surface area contributed by atoms with Crippen LogP contribution in [0.4, 0.5) is 0 Å². The summed E-state index contributed by atoms with van der Waals surface area (Å²) in [5.41, 5.74) is 0. The molecule has 0 spiro atoms. The topological polar surface area (TPSA) is 36.9 Å². The summed E-state index contributed by atoms with van der Waals surface area (Å²) in [6.07, 6.45) is 0.724. The monoisotopic (exact) mass is 177 g/mol. The number of hydrogen-bond donors (Lipinski definition) is 0. The minimum atomic E-state index is 0.0607. The van der Waals surface area contributed by atoms with E-state index in [4.69, 9.17) is 9.68 Å². The zero-order chi connectivity index (χ0) is 9.84. The first-order valence-electron chi connectivity index (χ1n) is 4.58. The molecule has 0 saturated carbocycles. The summed E-state index contributed by atoms with van der Waals surface area (Å²) in [5.74, 6) is 2.27. The Labute approximate surface area is 79.2 Å². The highest BCUT2D eigenvalue weighted by atomic mass is 16.3. The van der Waals surface area contributed by atoms with Gasteiger partial charge in [-0.05, 0) is 25.0 Å². The molecule has 1 heterocycles. The average Bonchev–Trinajstić information content (AvgIpc) is 2.46. The summed E-state index contributed by atoms with van der Waals surface area (Å²) in [6, 6.07) is 6.18. The second-order valence-corrected chi connectivity index (χ2v) is 3.70. The SMILES string of the molecule is Cc1ccc(CC(C#N)C(C)C)o1. The maximum atomic E-state index is 8.87. The molecule has 0 aliphatic carbocycles. The van der Waals surface area contributed by atoms with E-state index in [0.29, 0.717) is 5.92 Å². The molecule has 1 atom stereocenters. The molecule has 1 aromatic rings. The maximum Gasteiger partial charge on any atom is 0.105 e. The quantitative estimate of drug-likeness (QED) is 0.711. The molecular weight excluding hydrogens is 162 g/mol. The van der Waals surface area contributed by atoms with Crippen LogP contribution in [-0.2, 0) is 6.42 Å². The molecule has 0 saturated heterocycles. The fourth-order valence-corrected chi connectivity index (χ4v) is 1.24. The molecule has 13 heavy (non-hydrogen) atoms. The van der Waals surface area contributed by atoms with Gasteiger partial charge in [0.25, 0.3) is 0 Å². The lowest BCUT2D eigenvalue weighted by Crippen LogP contribution is -2.08. The molecular formula is C11H15NO. The van der Waals surface area contributed by atoms with Gasteiger partial charge < -0.3 is 4.42 Å². The van der Waals surface area contributed by atoms with Gasteiger partial charge in [-0.2, -0.15) is 5.26 Å². The summed E-state index contributed by atoms with van der Waals surface area (Å²) in [5, 5.41) is 8.87. The summed E-state index contributed by atoms with van der Waals surface area (Å²) < 4.78 is 5.41. The molecule has 1 aromatic heterocycles. The fraction of sp³-hybridized carbons (Fsp3) is 0.545. The van der Waals surface area contributed by atoms with Gasteiger partial charge in [-0.15, -0.1) is 0 Å². The highest BCUT2D eigenvalue weighted by Gasteiger charge is 2.14. The molecule has 0 aliphatic heterocycles. The van der Waals surface area contributed by atoms with Gasteiger partial charge in [0, 0.05) is 6.42 Å². The third kappa shape index (κ3) is 2.62. The van der Waals surface area contributed by atoms with E-state index in [2.05, 4.69) is 19.9 Å². The summed E-state index contributed by atoms with van der Waals surface area (Å²) in [7, 11) is 0. The second kappa shape index (κ2) is 4.13. The molecule has 0 aliphatic rings. The van der Waals surface area contributed by atoms with Crippen molar-refractivity contribution in [3.8, 4) is 6.07 Å². The molecule has 2 heteroatoms. The summed E-state index contributed by atoms with van der Waals surface area (Å²) in [6.45, 7) is 6.04. The molecule has 0 bridgehead atoms. The van der Waals surface area contributed by atoms with Gasteiger partial charge >= 0.3 is 0 Å². The van der Waals surface area contributed by atoms with Crippen LogP contribution in [0.2, 0.25) is 0 Å². The largest absolute Gasteiger partial charge is 0.466 e. The van der Waals surface area contributed by atoms with E-state index >= 15 is 0 Å². The lowest BCUT2D eigenvalue weighted by Gasteiger charge is -2.10. The van der Waals surface area contributed by atoms with Crippen LogP contribution in [0.25, 0.3) is 0 Å². The van der Waals surface area contributed by atoms with Gasteiger partial charge in [-0.25, -0.2) is 0 Å². The minimum absolute atomic E-state index is 0.0607. The van der Waals surface area contributed by atoms with Crippen LogP contribution >= 0.6 is 0 Å². The van der Waals surface area contributed by atoms with Crippen molar-refractivity contribution in [3.63, 3.8) is 0 Å². The predicted octanol–water partition coefficient (Wildman–Crippen LogP) is 2.93. The predicted molar refractivity (Wildman–Crippen MR) is 51.1 cm³/mol. The standard InChI is InChI=1S/C11H15NO/c1-8(2)10(7-12)6-11-5-4-9(3)13-11/h4-5,8,10H,6H2,1-3H3. The Morgan fingerprint density at radius 2 is 2.15 bits per heavy atom. The Balaban J connectivity index is 2.63. The van der Waals surface area contributed by atoms with Crippen LogP contribution in [0.1, 0.15) is 25.4 Å². The van der Waals surface area contributed by atoms with Crippen LogP contribution in [0.5, 0.6) is 0 Å². The number of furan rings is 1. The van der Waals surface area contributed by atoms with E-state index in [9.17, 15) is 0 Å². The summed E-state index contributed by atoms with van der Waals surface area (Å²) >= 11 is 0. The molecule has 70 valence electrons. The number of aryl methyl sites for hydroxylation is 1. The Hall–Kier alpha value is -1.23. The normalized spacial score (nSPS) is 12.8. The smallest absolute Gasteiger partial charge is 0.105 e. The highest BCUT2D eigenvalue weighted by molar-refractivity contribution is 5.08. The third-order valence-electron chi connectivity index (χ3n) is 2.19. The molecule has 0 radical (unpaired) electrons. The molecule has 0 N–H and O–H groups in total. The van der Waals surface area contributed by atoms with Gasteiger partial charge in [0.05, 0.1) is 12.0 Å². The van der Waals surface area contributed by atoms with Gasteiger partial charge in [-0.3, -0.25) is 0 Å². The van der Waals surface area contributed by atoms with E-state index in [1.807, 2.05) is 19.1 Å². The first-order valence-corrected chi connectivity index (χ1v) is 4.58. The first-order chi connectivity index (χ1) is 6.13. The number of hydrogen-bond acceptors (Lipinski definition) is 2. The maximum absolute atomic E-state index is 8.87. The Morgan fingerprint density at radius 1 is 1.46 bits per heavy atom. The molecule has 2 nitrogen and oxygen atoms in total. The van der Waals surface area contributed by atoms with Gasteiger partial charge in [0.1, 0.15) is 11.5 Å².